The highest BCUT2D eigenvalue weighted by Gasteiger charge is 2.34. The number of rotatable bonds is 10. The van der Waals surface area contributed by atoms with Gasteiger partial charge in [-0.1, -0.05) is 50.1 Å². The van der Waals surface area contributed by atoms with Crippen LogP contribution in [0.5, 0.6) is 0 Å². The van der Waals surface area contributed by atoms with Crippen LogP contribution in [0.15, 0.2) is 47.2 Å². The van der Waals surface area contributed by atoms with Crippen molar-refractivity contribution in [3.63, 3.8) is 0 Å². The van der Waals surface area contributed by atoms with Gasteiger partial charge in [-0.3, -0.25) is 4.79 Å². The summed E-state index contributed by atoms with van der Waals surface area (Å²) in [7, 11) is 0. The van der Waals surface area contributed by atoms with E-state index in [2.05, 4.69) is 12.2 Å². The minimum atomic E-state index is -0.942. The second-order valence-corrected chi connectivity index (χ2v) is 6.56. The Labute approximate surface area is 151 Å². The molecule has 0 saturated heterocycles. The first-order valence-electron chi connectivity index (χ1n) is 8.38. The van der Waals surface area contributed by atoms with E-state index >= 15 is 0 Å². The molecule has 6 nitrogen and oxygen atoms in total. The number of hydrogen-bond donors (Lipinski definition) is 1. The minimum absolute atomic E-state index is 0.0662. The van der Waals surface area contributed by atoms with E-state index < -0.39 is 11.1 Å². The molecule has 1 N–H and O–H groups in total. The largest absolute Gasteiger partial charge is 0.354 e. The molecule has 1 atom stereocenters. The molecule has 1 aromatic carbocycles. The summed E-state index contributed by atoms with van der Waals surface area (Å²) in [5.41, 5.74) is 1.43. The number of carbonyl (C=O) groups excluding carboxylic acids is 1. The first kappa shape index (κ1) is 18.9. The number of carbonyl (C=O) groups is 1. The summed E-state index contributed by atoms with van der Waals surface area (Å²) < 4.78 is 0. The third kappa shape index (κ3) is 5.56. The molecule has 0 aliphatic rings. The predicted molar refractivity (Wildman–Crippen MR) is 98.6 cm³/mol. The molecule has 0 spiro atoms. The number of nitrogens with one attached hydrogen (secondary N) is 1. The normalized spacial score (nSPS) is 11.7. The number of nitro groups is 1. The van der Waals surface area contributed by atoms with Crippen molar-refractivity contribution in [2.75, 3.05) is 6.54 Å². The van der Waals surface area contributed by atoms with Crippen LogP contribution in [0.3, 0.4) is 0 Å². The van der Waals surface area contributed by atoms with Crippen molar-refractivity contribution in [2.45, 2.75) is 38.8 Å². The fourth-order valence-corrected chi connectivity index (χ4v) is 3.27. The summed E-state index contributed by atoms with van der Waals surface area (Å²) >= 11 is 1.42. The lowest BCUT2D eigenvalue weighted by Gasteiger charge is -2.23. The Morgan fingerprint density at radius 3 is 2.64 bits per heavy atom. The molecule has 0 radical (unpaired) electrons. The number of amides is 1. The number of nitrogens with zero attached hydrogens (tertiary/aromatic N) is 2. The molecule has 0 fully saturated rings. The molecule has 134 valence electrons. The van der Waals surface area contributed by atoms with Gasteiger partial charge in [0.05, 0.1) is 0 Å². The van der Waals surface area contributed by atoms with Crippen molar-refractivity contribution in [3.05, 3.63) is 68.4 Å². The summed E-state index contributed by atoms with van der Waals surface area (Å²) in [6, 6.07) is 9.98. The Kier molecular flexibility index (Phi) is 7.40. The Morgan fingerprint density at radius 1 is 1.28 bits per heavy atom. The number of hydrogen-bond acceptors (Lipinski definition) is 4. The zero-order valence-electron chi connectivity index (χ0n) is 14.3. The molecule has 0 bridgehead atoms. The Hall–Kier alpha value is -2.41. The maximum Gasteiger partial charge on any atom is 0.253 e. The van der Waals surface area contributed by atoms with E-state index in [1.807, 2.05) is 35.7 Å². The molecule has 0 saturated carbocycles. The maximum atomic E-state index is 12.7. The zero-order chi connectivity index (χ0) is 18.1. The molecule has 2 rings (SSSR count). The maximum absolute atomic E-state index is 12.7. The van der Waals surface area contributed by atoms with E-state index in [1.165, 1.54) is 11.3 Å². The highest BCUT2D eigenvalue weighted by Crippen LogP contribution is 2.25. The molecule has 1 aromatic heterocycles. The lowest BCUT2D eigenvalue weighted by molar-refractivity contribution is -0.666. The summed E-state index contributed by atoms with van der Waals surface area (Å²) in [6.45, 7) is 2.69. The number of benzene rings is 1. The van der Waals surface area contributed by atoms with Gasteiger partial charge in [-0.05, 0) is 28.8 Å². The topological polar surface area (TPSA) is 75.5 Å². The van der Waals surface area contributed by atoms with Crippen LogP contribution in [0.2, 0.25) is 0 Å². The van der Waals surface area contributed by atoms with Crippen LogP contribution >= 0.6 is 11.3 Å². The molecular weight excluding hydrogens is 338 g/mol. The predicted octanol–water partition coefficient (Wildman–Crippen LogP) is 3.79. The van der Waals surface area contributed by atoms with Crippen LogP contribution in [0, 0.1) is 10.1 Å². The van der Waals surface area contributed by atoms with Crippen molar-refractivity contribution in [1.82, 2.24) is 10.3 Å². The summed E-state index contributed by atoms with van der Waals surface area (Å²) in [4.78, 5) is 24.4. The second-order valence-electron chi connectivity index (χ2n) is 5.78. The minimum Gasteiger partial charge on any atom is -0.354 e. The monoisotopic (exact) mass is 361 g/mol. The molecule has 0 aliphatic carbocycles. The fourth-order valence-electron chi connectivity index (χ4n) is 2.59. The van der Waals surface area contributed by atoms with E-state index in [-0.39, 0.29) is 12.5 Å². The smallest absolute Gasteiger partial charge is 0.253 e. The van der Waals surface area contributed by atoms with Crippen molar-refractivity contribution in [1.29, 1.82) is 0 Å². The van der Waals surface area contributed by atoms with Crippen LogP contribution in [0.1, 0.15) is 43.4 Å². The molecule has 1 amide bonds. The van der Waals surface area contributed by atoms with Gasteiger partial charge in [0.2, 0.25) is 0 Å². The molecule has 1 heterocycles. The van der Waals surface area contributed by atoms with Gasteiger partial charge in [0.15, 0.2) is 11.1 Å². The quantitative estimate of drug-likeness (QED) is 0.397. The zero-order valence-corrected chi connectivity index (χ0v) is 15.1. The van der Waals surface area contributed by atoms with Gasteiger partial charge in [-0.25, -0.2) is 10.1 Å². The molecular formula is C18H23N3O3S. The Morgan fingerprint density at radius 2 is 2.04 bits per heavy atom. The fraction of sp³-hybridized carbons (Fsp3) is 0.389. The highest BCUT2D eigenvalue weighted by molar-refractivity contribution is 7.08. The molecule has 0 aliphatic heterocycles. The average molecular weight is 361 g/mol. The third-order valence-corrected chi connectivity index (χ3v) is 4.58. The van der Waals surface area contributed by atoms with Gasteiger partial charge in [0, 0.05) is 12.1 Å². The third-order valence-electron chi connectivity index (χ3n) is 3.88. The number of hydrazine groups is 1. The lowest BCUT2D eigenvalue weighted by atomic mass is 10.1. The van der Waals surface area contributed by atoms with E-state index in [4.69, 9.17) is 0 Å². The van der Waals surface area contributed by atoms with Crippen LogP contribution in [-0.4, -0.2) is 22.5 Å². The lowest BCUT2D eigenvalue weighted by Crippen LogP contribution is -2.43. The van der Waals surface area contributed by atoms with Gasteiger partial charge in [0.25, 0.3) is 5.91 Å². The average Bonchev–Trinajstić information content (AvgIpc) is 3.13. The van der Waals surface area contributed by atoms with Gasteiger partial charge in [0.1, 0.15) is 6.54 Å². The first-order valence-corrected chi connectivity index (χ1v) is 9.32. The van der Waals surface area contributed by atoms with E-state index in [0.29, 0.717) is 12.1 Å². The summed E-state index contributed by atoms with van der Waals surface area (Å²) in [5, 5.41) is 18.7. The van der Waals surface area contributed by atoms with E-state index in [1.54, 1.807) is 11.4 Å². The SMILES string of the molecule is CCCCCNC(=O)[C@H](c1ccsc1)N(Cc1ccccc1)[N+](=O)[O-]. The van der Waals surface area contributed by atoms with Crippen LogP contribution in [0.25, 0.3) is 0 Å². The summed E-state index contributed by atoms with van der Waals surface area (Å²) in [5.74, 6) is -0.331. The van der Waals surface area contributed by atoms with E-state index in [0.717, 1.165) is 29.8 Å². The van der Waals surface area contributed by atoms with E-state index in [9.17, 15) is 14.9 Å². The molecule has 2 aromatic rings. The molecule has 25 heavy (non-hydrogen) atoms. The van der Waals surface area contributed by atoms with Crippen molar-refractivity contribution in [2.24, 2.45) is 0 Å². The van der Waals surface area contributed by atoms with Crippen molar-refractivity contribution < 1.29 is 9.83 Å². The van der Waals surface area contributed by atoms with Crippen molar-refractivity contribution >= 4 is 17.2 Å². The standard InChI is InChI=1S/C18H23N3O3S/c1-2-3-7-11-19-18(22)17(16-10-12-25-14-16)20(21(23)24)13-15-8-5-4-6-9-15/h4-6,8-10,12,14,17H,2-3,7,11,13H2,1H3,(H,19,22)/t17-/m0/s1. The molecule has 0 unspecified atom stereocenters. The van der Waals surface area contributed by atoms with Gasteiger partial charge in [-0.2, -0.15) is 11.3 Å². The van der Waals surface area contributed by atoms with Gasteiger partial charge >= 0.3 is 0 Å². The number of thiophene rings is 1. The summed E-state index contributed by atoms with van der Waals surface area (Å²) in [6.07, 6.45) is 2.95. The van der Waals surface area contributed by atoms with Gasteiger partial charge < -0.3 is 5.32 Å². The molecule has 7 heteroatoms. The van der Waals surface area contributed by atoms with Crippen LogP contribution in [0.4, 0.5) is 0 Å². The van der Waals surface area contributed by atoms with Crippen LogP contribution < -0.4 is 5.32 Å². The van der Waals surface area contributed by atoms with Crippen LogP contribution in [-0.2, 0) is 11.3 Å². The first-order chi connectivity index (χ1) is 12.1. The number of unbranched alkanes of at least 4 members (excludes halogenated alkanes) is 2. The van der Waals surface area contributed by atoms with Gasteiger partial charge in [-0.15, -0.1) is 5.01 Å². The Balaban J connectivity index is 2.19. The highest BCUT2D eigenvalue weighted by atomic mass is 32.1. The Bertz CT molecular complexity index is 661. The second kappa shape index (κ2) is 9.78. The van der Waals surface area contributed by atoms with Crippen molar-refractivity contribution in [3.8, 4) is 0 Å².